The number of hydrogen-bond acceptors (Lipinski definition) is 5. The van der Waals surface area contributed by atoms with Gasteiger partial charge in [0, 0.05) is 23.8 Å². The zero-order chi connectivity index (χ0) is 18.4. The molecule has 3 fully saturated rings. The number of benzene rings is 1. The first kappa shape index (κ1) is 17.2. The van der Waals surface area contributed by atoms with E-state index in [0.717, 1.165) is 31.5 Å². The van der Waals surface area contributed by atoms with Crippen LogP contribution >= 0.6 is 0 Å². The summed E-state index contributed by atoms with van der Waals surface area (Å²) in [7, 11) is 2.23. The Morgan fingerprint density at radius 2 is 1.69 bits per heavy atom. The van der Waals surface area contributed by atoms with Gasteiger partial charge in [0.2, 0.25) is 0 Å². The predicted octanol–water partition coefficient (Wildman–Crippen LogP) is 2.05. The Morgan fingerprint density at radius 3 is 2.27 bits per heavy atom. The second-order valence-electron chi connectivity index (χ2n) is 8.11. The van der Waals surface area contributed by atoms with Crippen molar-refractivity contribution in [2.75, 3.05) is 12.8 Å². The Hall–Kier alpha value is -2.18. The second-order valence-corrected chi connectivity index (χ2v) is 8.11. The fourth-order valence-corrected chi connectivity index (χ4v) is 4.58. The monoisotopic (exact) mass is 353 g/mol. The molecule has 0 spiro atoms. The Morgan fingerprint density at radius 1 is 1.08 bits per heavy atom. The molecule has 2 bridgehead atoms. The smallest absolute Gasteiger partial charge is 0.354 e. The fourth-order valence-electron chi connectivity index (χ4n) is 4.58. The number of fused-ring (bicyclic) bond motifs is 3. The maximum atomic E-state index is 12.0. The number of nitrogens with zero attached hydrogens (tertiary/aromatic N) is 3. The molecule has 5 rings (SSSR count). The maximum absolute atomic E-state index is 12.0. The zero-order valence-electron chi connectivity index (χ0n) is 15.3. The van der Waals surface area contributed by atoms with Crippen molar-refractivity contribution in [2.24, 2.45) is 5.73 Å². The van der Waals surface area contributed by atoms with Crippen molar-refractivity contribution < 1.29 is 0 Å². The molecule has 3 aliphatic rings. The van der Waals surface area contributed by atoms with E-state index in [4.69, 9.17) is 11.5 Å². The fraction of sp³-hybridized carbons (Fsp3) is 0.500. The molecule has 26 heavy (non-hydrogen) atoms. The van der Waals surface area contributed by atoms with Gasteiger partial charge in [0.15, 0.2) is 0 Å². The normalized spacial score (nSPS) is 27.8. The minimum atomic E-state index is -0.358. The molecule has 3 saturated carbocycles. The summed E-state index contributed by atoms with van der Waals surface area (Å²) in [6.07, 6.45) is 8.68. The van der Waals surface area contributed by atoms with Gasteiger partial charge in [0.1, 0.15) is 5.82 Å². The van der Waals surface area contributed by atoms with Crippen LogP contribution in [0.1, 0.15) is 44.1 Å². The molecular formula is C20H27N5O. The number of hydrogen-bond donors (Lipinski definition) is 2. The highest BCUT2D eigenvalue weighted by atomic mass is 16.1. The summed E-state index contributed by atoms with van der Waals surface area (Å²) in [5, 5.41) is 0. The third kappa shape index (κ3) is 3.04. The first-order valence-corrected chi connectivity index (χ1v) is 9.34. The molecule has 0 saturated heterocycles. The summed E-state index contributed by atoms with van der Waals surface area (Å²) in [6, 6.07) is 9.74. The first-order valence-electron chi connectivity index (χ1n) is 9.34. The molecule has 6 nitrogen and oxygen atoms in total. The molecule has 0 amide bonds. The van der Waals surface area contributed by atoms with Crippen molar-refractivity contribution in [2.45, 2.75) is 56.1 Å². The van der Waals surface area contributed by atoms with Crippen molar-refractivity contribution in [3.8, 4) is 5.69 Å². The van der Waals surface area contributed by atoms with Crippen LogP contribution in [0, 0.1) is 0 Å². The van der Waals surface area contributed by atoms with Crippen molar-refractivity contribution in [3.05, 3.63) is 52.6 Å². The summed E-state index contributed by atoms with van der Waals surface area (Å²) in [4.78, 5) is 18.3. The van der Waals surface area contributed by atoms with E-state index < -0.39 is 0 Å². The highest BCUT2D eigenvalue weighted by Crippen LogP contribution is 2.48. The van der Waals surface area contributed by atoms with Gasteiger partial charge in [-0.25, -0.2) is 4.79 Å². The van der Waals surface area contributed by atoms with Crippen LogP contribution in [0.2, 0.25) is 0 Å². The third-order valence-corrected chi connectivity index (χ3v) is 6.53. The van der Waals surface area contributed by atoms with Crippen molar-refractivity contribution in [3.63, 3.8) is 0 Å². The standard InChI is InChI=1S/C20H27N5O/c1-24(20-10-7-19(22,8-11-20)9-12-20)14-15-2-4-16(5-3-15)25-13-6-17(21)23-18(25)26/h2-6,13H,7-12,14,22H2,1H3,(H2,21,23,26). The molecule has 138 valence electrons. The van der Waals surface area contributed by atoms with Gasteiger partial charge in [-0.2, -0.15) is 4.98 Å². The van der Waals surface area contributed by atoms with Crippen LogP contribution in [-0.2, 0) is 6.54 Å². The van der Waals surface area contributed by atoms with Crippen molar-refractivity contribution in [1.29, 1.82) is 0 Å². The Bertz CT molecular complexity index is 833. The average molecular weight is 353 g/mol. The molecule has 6 heteroatoms. The zero-order valence-corrected chi connectivity index (χ0v) is 15.3. The lowest BCUT2D eigenvalue weighted by Crippen LogP contribution is -2.60. The molecule has 1 aromatic heterocycles. The van der Waals surface area contributed by atoms with Gasteiger partial charge in [0.05, 0.1) is 5.69 Å². The van der Waals surface area contributed by atoms with Crippen LogP contribution in [0.5, 0.6) is 0 Å². The van der Waals surface area contributed by atoms with E-state index in [1.807, 2.05) is 12.1 Å². The summed E-state index contributed by atoms with van der Waals surface area (Å²) in [6.45, 7) is 0.909. The first-order chi connectivity index (χ1) is 12.4. The molecule has 2 aromatic rings. The minimum absolute atomic E-state index is 0.102. The van der Waals surface area contributed by atoms with E-state index in [-0.39, 0.29) is 17.0 Å². The summed E-state index contributed by atoms with van der Waals surface area (Å²) in [5.74, 6) is 0.241. The highest BCUT2D eigenvalue weighted by molar-refractivity contribution is 5.36. The van der Waals surface area contributed by atoms with E-state index in [1.165, 1.54) is 29.4 Å². The van der Waals surface area contributed by atoms with Crippen molar-refractivity contribution >= 4 is 5.82 Å². The van der Waals surface area contributed by atoms with Gasteiger partial charge >= 0.3 is 5.69 Å². The van der Waals surface area contributed by atoms with E-state index in [2.05, 4.69) is 29.1 Å². The molecule has 1 heterocycles. The second kappa shape index (κ2) is 6.21. The lowest BCUT2D eigenvalue weighted by molar-refractivity contribution is -0.0112. The summed E-state index contributed by atoms with van der Waals surface area (Å²) >= 11 is 0. The molecule has 3 aliphatic carbocycles. The minimum Gasteiger partial charge on any atom is -0.383 e. The van der Waals surface area contributed by atoms with E-state index in [9.17, 15) is 4.79 Å². The number of anilines is 1. The number of rotatable bonds is 4. The molecular weight excluding hydrogens is 326 g/mol. The molecule has 0 radical (unpaired) electrons. The molecule has 0 atom stereocenters. The highest BCUT2D eigenvalue weighted by Gasteiger charge is 2.48. The number of aromatic nitrogens is 2. The van der Waals surface area contributed by atoms with Crippen LogP contribution in [0.4, 0.5) is 5.82 Å². The average Bonchev–Trinajstić information content (AvgIpc) is 2.63. The number of nitrogens with two attached hydrogens (primary N) is 2. The van der Waals surface area contributed by atoms with Crippen LogP contribution in [0.15, 0.2) is 41.3 Å². The van der Waals surface area contributed by atoms with Gasteiger partial charge < -0.3 is 11.5 Å². The van der Waals surface area contributed by atoms with Crippen LogP contribution in [0.3, 0.4) is 0 Å². The van der Waals surface area contributed by atoms with E-state index in [1.54, 1.807) is 12.3 Å². The van der Waals surface area contributed by atoms with Crippen LogP contribution in [0.25, 0.3) is 5.69 Å². The van der Waals surface area contributed by atoms with Crippen LogP contribution < -0.4 is 17.2 Å². The Kier molecular flexibility index (Phi) is 4.12. The van der Waals surface area contributed by atoms with Gasteiger partial charge in [-0.1, -0.05) is 12.1 Å². The quantitative estimate of drug-likeness (QED) is 0.878. The molecule has 0 aliphatic heterocycles. The van der Waals surface area contributed by atoms with Crippen molar-refractivity contribution in [1.82, 2.24) is 14.5 Å². The Balaban J connectivity index is 1.48. The Labute approximate surface area is 153 Å². The predicted molar refractivity (Wildman–Crippen MR) is 103 cm³/mol. The third-order valence-electron chi connectivity index (χ3n) is 6.53. The van der Waals surface area contributed by atoms with Gasteiger partial charge in [-0.05, 0) is 69.3 Å². The maximum Gasteiger partial charge on any atom is 0.354 e. The van der Waals surface area contributed by atoms with Gasteiger partial charge in [-0.15, -0.1) is 0 Å². The summed E-state index contributed by atoms with van der Waals surface area (Å²) in [5.41, 5.74) is 14.1. The van der Waals surface area contributed by atoms with Crippen LogP contribution in [-0.4, -0.2) is 32.6 Å². The number of nitrogen functional groups attached to an aromatic ring is 1. The summed E-state index contributed by atoms with van der Waals surface area (Å²) < 4.78 is 1.51. The molecule has 1 aromatic carbocycles. The lowest BCUT2D eigenvalue weighted by Gasteiger charge is -2.55. The van der Waals surface area contributed by atoms with E-state index in [0.29, 0.717) is 5.54 Å². The van der Waals surface area contributed by atoms with E-state index >= 15 is 0 Å². The molecule has 0 unspecified atom stereocenters. The van der Waals surface area contributed by atoms with Gasteiger partial charge in [-0.3, -0.25) is 9.47 Å². The van der Waals surface area contributed by atoms with Gasteiger partial charge in [0.25, 0.3) is 0 Å². The molecule has 4 N–H and O–H groups in total. The lowest BCUT2D eigenvalue weighted by atomic mass is 9.61. The topological polar surface area (TPSA) is 90.2 Å². The largest absolute Gasteiger partial charge is 0.383 e. The SMILES string of the molecule is CN(Cc1ccc(-n2ccc(N)nc2=O)cc1)C12CCC(N)(CC1)CC2.